The molecule has 3 saturated heterocycles. The van der Waals surface area contributed by atoms with Crippen LogP contribution in [0.15, 0.2) is 72.9 Å². The SMILES string of the molecule is Clc1ccc(N2CCN(Cc3cc(N4CCC5(CCCN5Cc5ccccc5)C4)ccn3)CC2)cc1. The zero-order chi connectivity index (χ0) is 24.4. The van der Waals surface area contributed by atoms with E-state index in [9.17, 15) is 0 Å². The zero-order valence-electron chi connectivity index (χ0n) is 21.0. The van der Waals surface area contributed by atoms with Crippen LogP contribution in [-0.4, -0.2) is 66.1 Å². The third-order valence-electron chi connectivity index (χ3n) is 8.40. The van der Waals surface area contributed by atoms with Crippen LogP contribution in [0, 0.1) is 0 Å². The van der Waals surface area contributed by atoms with Gasteiger partial charge < -0.3 is 9.80 Å². The van der Waals surface area contributed by atoms with Crippen molar-refractivity contribution in [1.82, 2.24) is 14.8 Å². The van der Waals surface area contributed by atoms with Gasteiger partial charge in [0.25, 0.3) is 0 Å². The molecule has 4 heterocycles. The summed E-state index contributed by atoms with van der Waals surface area (Å²) in [7, 11) is 0. The van der Waals surface area contributed by atoms with Crippen LogP contribution in [0.4, 0.5) is 11.4 Å². The molecule has 1 atom stereocenters. The second-order valence-corrected chi connectivity index (χ2v) is 11.1. The van der Waals surface area contributed by atoms with Crippen molar-refractivity contribution in [3.63, 3.8) is 0 Å². The Morgan fingerprint density at radius 3 is 2.36 bits per heavy atom. The summed E-state index contributed by atoms with van der Waals surface area (Å²) in [6.07, 6.45) is 5.89. The summed E-state index contributed by atoms with van der Waals surface area (Å²) in [5.41, 5.74) is 5.52. The monoisotopic (exact) mass is 501 g/mol. The molecular formula is C30H36ClN5. The molecule has 3 aliphatic rings. The highest BCUT2D eigenvalue weighted by atomic mass is 35.5. The number of hydrogen-bond acceptors (Lipinski definition) is 5. The van der Waals surface area contributed by atoms with Crippen LogP contribution >= 0.6 is 11.6 Å². The Balaban J connectivity index is 1.06. The van der Waals surface area contributed by atoms with E-state index in [1.165, 1.54) is 48.4 Å². The molecule has 5 nitrogen and oxygen atoms in total. The van der Waals surface area contributed by atoms with Gasteiger partial charge in [0.05, 0.1) is 5.69 Å². The predicted molar refractivity (Wildman–Crippen MR) is 149 cm³/mol. The summed E-state index contributed by atoms with van der Waals surface area (Å²) < 4.78 is 0. The number of pyridine rings is 1. The van der Waals surface area contributed by atoms with E-state index >= 15 is 0 Å². The summed E-state index contributed by atoms with van der Waals surface area (Å²) in [6.45, 7) is 9.63. The Hall–Kier alpha value is -2.60. The number of anilines is 2. The number of halogens is 1. The molecule has 188 valence electrons. The van der Waals surface area contributed by atoms with Gasteiger partial charge in [-0.3, -0.25) is 14.8 Å². The van der Waals surface area contributed by atoms with Gasteiger partial charge in [0.1, 0.15) is 0 Å². The van der Waals surface area contributed by atoms with E-state index in [1.54, 1.807) is 0 Å². The highest BCUT2D eigenvalue weighted by Gasteiger charge is 2.45. The molecule has 0 N–H and O–H groups in total. The lowest BCUT2D eigenvalue weighted by Gasteiger charge is -2.36. The van der Waals surface area contributed by atoms with Crippen molar-refractivity contribution < 1.29 is 0 Å². The first kappa shape index (κ1) is 23.8. The maximum atomic E-state index is 6.06. The summed E-state index contributed by atoms with van der Waals surface area (Å²) >= 11 is 6.06. The van der Waals surface area contributed by atoms with Crippen molar-refractivity contribution in [2.75, 3.05) is 55.6 Å². The fourth-order valence-electron chi connectivity index (χ4n) is 6.38. The molecule has 0 saturated carbocycles. The largest absolute Gasteiger partial charge is 0.370 e. The van der Waals surface area contributed by atoms with Crippen LogP contribution < -0.4 is 9.80 Å². The average Bonchev–Trinajstić information content (AvgIpc) is 3.52. The molecule has 6 rings (SSSR count). The van der Waals surface area contributed by atoms with Crippen molar-refractivity contribution in [2.45, 2.75) is 37.9 Å². The second-order valence-electron chi connectivity index (χ2n) is 10.7. The molecule has 0 bridgehead atoms. The van der Waals surface area contributed by atoms with Gasteiger partial charge in [0.15, 0.2) is 0 Å². The summed E-state index contributed by atoms with van der Waals surface area (Å²) in [5.74, 6) is 0. The third kappa shape index (κ3) is 5.10. The van der Waals surface area contributed by atoms with Gasteiger partial charge in [0, 0.05) is 80.5 Å². The molecule has 1 aromatic heterocycles. The van der Waals surface area contributed by atoms with E-state index < -0.39 is 0 Å². The van der Waals surface area contributed by atoms with Gasteiger partial charge in [-0.25, -0.2) is 0 Å². The normalized spacial score (nSPS) is 23.1. The van der Waals surface area contributed by atoms with E-state index in [1.807, 2.05) is 18.3 Å². The lowest BCUT2D eigenvalue weighted by atomic mass is 9.94. The van der Waals surface area contributed by atoms with E-state index in [0.717, 1.165) is 57.4 Å². The summed E-state index contributed by atoms with van der Waals surface area (Å²) in [5, 5.41) is 0.795. The Morgan fingerprint density at radius 2 is 1.56 bits per heavy atom. The first-order valence-corrected chi connectivity index (χ1v) is 13.8. The molecule has 3 fully saturated rings. The standard InChI is InChI=1S/C30H36ClN5/c31-26-7-9-28(10-8-26)34-19-17-33(18-20-34)23-27-21-29(11-14-32-27)35-16-13-30(24-35)12-4-15-36(30)22-25-5-2-1-3-6-25/h1-3,5-11,14,21H,4,12-13,15-20,22-24H2. The average molecular weight is 502 g/mol. The van der Waals surface area contributed by atoms with Crippen molar-refractivity contribution >= 4 is 23.0 Å². The van der Waals surface area contributed by atoms with Crippen LogP contribution in [0.25, 0.3) is 0 Å². The van der Waals surface area contributed by atoms with Gasteiger partial charge in [-0.1, -0.05) is 41.9 Å². The van der Waals surface area contributed by atoms with Crippen molar-refractivity contribution in [3.8, 4) is 0 Å². The molecular weight excluding hydrogens is 466 g/mol. The van der Waals surface area contributed by atoms with Crippen molar-refractivity contribution in [2.24, 2.45) is 0 Å². The molecule has 6 heteroatoms. The smallest absolute Gasteiger partial charge is 0.0564 e. The van der Waals surface area contributed by atoms with Crippen LogP contribution in [0.3, 0.4) is 0 Å². The molecule has 0 radical (unpaired) electrons. The number of benzene rings is 2. The van der Waals surface area contributed by atoms with Crippen molar-refractivity contribution in [1.29, 1.82) is 0 Å². The lowest BCUT2D eigenvalue weighted by molar-refractivity contribution is 0.150. The highest BCUT2D eigenvalue weighted by molar-refractivity contribution is 6.30. The number of piperazine rings is 1. The van der Waals surface area contributed by atoms with Gasteiger partial charge in [-0.05, 0) is 67.8 Å². The Labute approximate surface area is 220 Å². The topological polar surface area (TPSA) is 25.9 Å². The summed E-state index contributed by atoms with van der Waals surface area (Å²) in [4.78, 5) is 15.1. The molecule has 0 amide bonds. The van der Waals surface area contributed by atoms with E-state index in [2.05, 4.69) is 74.2 Å². The number of rotatable bonds is 6. The van der Waals surface area contributed by atoms with Gasteiger partial charge in [-0.15, -0.1) is 0 Å². The van der Waals surface area contributed by atoms with E-state index in [-0.39, 0.29) is 0 Å². The van der Waals surface area contributed by atoms with Gasteiger partial charge in [0.2, 0.25) is 0 Å². The maximum absolute atomic E-state index is 6.06. The molecule has 1 unspecified atom stereocenters. The number of likely N-dealkylation sites (tertiary alicyclic amines) is 1. The fraction of sp³-hybridized carbons (Fsp3) is 0.433. The third-order valence-corrected chi connectivity index (χ3v) is 8.66. The molecule has 0 aliphatic carbocycles. The second kappa shape index (κ2) is 10.4. The molecule has 1 spiro atoms. The maximum Gasteiger partial charge on any atom is 0.0564 e. The number of hydrogen-bond donors (Lipinski definition) is 0. The fourth-order valence-corrected chi connectivity index (χ4v) is 6.50. The minimum Gasteiger partial charge on any atom is -0.370 e. The number of nitrogens with zero attached hydrogens (tertiary/aromatic N) is 5. The van der Waals surface area contributed by atoms with Gasteiger partial charge in [-0.2, -0.15) is 0 Å². The Morgan fingerprint density at radius 1 is 0.750 bits per heavy atom. The van der Waals surface area contributed by atoms with Crippen LogP contribution in [0.2, 0.25) is 5.02 Å². The van der Waals surface area contributed by atoms with E-state index in [4.69, 9.17) is 16.6 Å². The first-order valence-electron chi connectivity index (χ1n) is 13.4. The Bertz CT molecular complexity index is 1150. The van der Waals surface area contributed by atoms with Gasteiger partial charge >= 0.3 is 0 Å². The minimum absolute atomic E-state index is 0.317. The van der Waals surface area contributed by atoms with E-state index in [0.29, 0.717) is 5.54 Å². The molecule has 2 aromatic carbocycles. The molecule has 36 heavy (non-hydrogen) atoms. The lowest BCUT2D eigenvalue weighted by Crippen LogP contribution is -2.46. The van der Waals surface area contributed by atoms with Crippen molar-refractivity contribution in [3.05, 3.63) is 89.2 Å². The quantitative estimate of drug-likeness (QED) is 0.456. The van der Waals surface area contributed by atoms with Crippen LogP contribution in [-0.2, 0) is 13.1 Å². The van der Waals surface area contributed by atoms with Crippen LogP contribution in [0.1, 0.15) is 30.5 Å². The zero-order valence-corrected chi connectivity index (χ0v) is 21.8. The number of aromatic nitrogens is 1. The van der Waals surface area contributed by atoms with Crippen LogP contribution in [0.5, 0.6) is 0 Å². The Kier molecular flexibility index (Phi) is 6.87. The molecule has 3 aliphatic heterocycles. The minimum atomic E-state index is 0.317. The first-order chi connectivity index (χ1) is 17.7. The molecule has 3 aromatic rings. The summed E-state index contributed by atoms with van der Waals surface area (Å²) in [6, 6.07) is 23.7. The predicted octanol–water partition coefficient (Wildman–Crippen LogP) is 5.30. The highest BCUT2D eigenvalue weighted by Crippen LogP contribution is 2.40.